The van der Waals surface area contributed by atoms with E-state index in [1.165, 1.54) is 29.4 Å². The number of carbonyl (C=O) groups is 1. The van der Waals surface area contributed by atoms with Crippen LogP contribution in [0.3, 0.4) is 0 Å². The van der Waals surface area contributed by atoms with E-state index in [1.54, 1.807) is 18.2 Å². The zero-order valence-electron chi connectivity index (χ0n) is 8.34. The molecule has 0 radical (unpaired) electrons. The predicted molar refractivity (Wildman–Crippen MR) is 59.5 cm³/mol. The standard InChI is InChI=1S/C10H8N2O2S2/c1-6-10(16-12-11-6)15-8-5-3-2-4-7(8)9(13)14/h2-5H,1H3,(H,13,14)/p-1. The lowest BCUT2D eigenvalue weighted by Gasteiger charge is -2.08. The van der Waals surface area contributed by atoms with Crippen LogP contribution in [0.2, 0.25) is 0 Å². The molecule has 0 aliphatic carbocycles. The summed E-state index contributed by atoms with van der Waals surface area (Å²) in [4.78, 5) is 11.5. The van der Waals surface area contributed by atoms with Gasteiger partial charge in [0.1, 0.15) is 4.21 Å². The Morgan fingerprint density at radius 2 is 2.19 bits per heavy atom. The fraction of sp³-hybridized carbons (Fsp3) is 0.100. The highest BCUT2D eigenvalue weighted by atomic mass is 32.2. The molecule has 82 valence electrons. The number of carbonyl (C=O) groups excluding carboxylic acids is 1. The largest absolute Gasteiger partial charge is 0.545 e. The first-order valence-corrected chi connectivity index (χ1v) is 6.04. The lowest BCUT2D eigenvalue weighted by Crippen LogP contribution is -2.22. The molecule has 0 saturated heterocycles. The minimum absolute atomic E-state index is 0.195. The van der Waals surface area contributed by atoms with Crippen LogP contribution in [-0.4, -0.2) is 15.6 Å². The molecular weight excluding hydrogens is 244 g/mol. The Kier molecular flexibility index (Phi) is 3.21. The van der Waals surface area contributed by atoms with E-state index < -0.39 is 5.97 Å². The van der Waals surface area contributed by atoms with Crippen molar-refractivity contribution in [1.29, 1.82) is 0 Å². The highest BCUT2D eigenvalue weighted by Crippen LogP contribution is 2.33. The van der Waals surface area contributed by atoms with Crippen LogP contribution in [0.4, 0.5) is 0 Å². The van der Waals surface area contributed by atoms with E-state index in [0.717, 1.165) is 9.90 Å². The number of hydrogen-bond acceptors (Lipinski definition) is 6. The summed E-state index contributed by atoms with van der Waals surface area (Å²) in [7, 11) is 0. The van der Waals surface area contributed by atoms with Crippen molar-refractivity contribution in [3.8, 4) is 0 Å². The van der Waals surface area contributed by atoms with Crippen molar-refractivity contribution >= 4 is 29.3 Å². The molecular formula is C10H7N2O2S2-. The Bertz CT molecular complexity index is 525. The first kappa shape index (κ1) is 11.1. The van der Waals surface area contributed by atoms with E-state index in [0.29, 0.717) is 4.90 Å². The summed E-state index contributed by atoms with van der Waals surface area (Å²) in [5, 5.41) is 14.8. The fourth-order valence-electron chi connectivity index (χ4n) is 1.14. The third-order valence-corrected chi connectivity index (χ3v) is 4.07. The topological polar surface area (TPSA) is 65.9 Å². The third kappa shape index (κ3) is 2.23. The summed E-state index contributed by atoms with van der Waals surface area (Å²) in [6, 6.07) is 6.74. The van der Waals surface area contributed by atoms with Gasteiger partial charge in [0.05, 0.1) is 11.7 Å². The lowest BCUT2D eigenvalue weighted by atomic mass is 10.2. The van der Waals surface area contributed by atoms with Crippen LogP contribution in [0.25, 0.3) is 0 Å². The van der Waals surface area contributed by atoms with Gasteiger partial charge in [-0.2, -0.15) is 0 Å². The van der Waals surface area contributed by atoms with Crippen LogP contribution in [0.1, 0.15) is 16.1 Å². The molecule has 0 unspecified atom stereocenters. The van der Waals surface area contributed by atoms with E-state index in [2.05, 4.69) is 9.59 Å². The number of carboxylic acid groups (broad SMARTS) is 1. The molecule has 0 aliphatic heterocycles. The van der Waals surface area contributed by atoms with Crippen LogP contribution < -0.4 is 5.11 Å². The summed E-state index contributed by atoms with van der Waals surface area (Å²) < 4.78 is 4.70. The number of rotatable bonds is 3. The van der Waals surface area contributed by atoms with Crippen molar-refractivity contribution in [3.05, 3.63) is 35.5 Å². The molecule has 0 aliphatic rings. The maximum atomic E-state index is 10.9. The minimum atomic E-state index is -1.17. The molecule has 0 amide bonds. The van der Waals surface area contributed by atoms with Gasteiger partial charge in [-0.05, 0) is 24.5 Å². The fourth-order valence-corrected chi connectivity index (χ4v) is 2.87. The molecule has 0 N–H and O–H groups in total. The molecule has 0 saturated carbocycles. The SMILES string of the molecule is Cc1nnsc1Sc1ccccc1C(=O)[O-]. The van der Waals surface area contributed by atoms with E-state index in [-0.39, 0.29) is 5.56 Å². The first-order valence-electron chi connectivity index (χ1n) is 4.45. The van der Waals surface area contributed by atoms with Gasteiger partial charge < -0.3 is 9.90 Å². The summed E-state index contributed by atoms with van der Waals surface area (Å²) in [6.07, 6.45) is 0. The second-order valence-corrected chi connectivity index (χ2v) is 5.10. The van der Waals surface area contributed by atoms with Crippen LogP contribution >= 0.6 is 23.3 Å². The van der Waals surface area contributed by atoms with Crippen molar-refractivity contribution in [3.63, 3.8) is 0 Å². The number of aryl methyl sites for hydroxylation is 1. The third-order valence-electron chi connectivity index (χ3n) is 1.92. The van der Waals surface area contributed by atoms with Gasteiger partial charge >= 0.3 is 0 Å². The van der Waals surface area contributed by atoms with E-state index in [1.807, 2.05) is 6.92 Å². The Labute approximate surface area is 100 Å². The highest BCUT2D eigenvalue weighted by molar-refractivity contribution is 8.01. The Morgan fingerprint density at radius 3 is 2.81 bits per heavy atom. The zero-order chi connectivity index (χ0) is 11.5. The molecule has 2 aromatic rings. The molecule has 4 nitrogen and oxygen atoms in total. The van der Waals surface area contributed by atoms with Crippen LogP contribution in [0.5, 0.6) is 0 Å². The van der Waals surface area contributed by atoms with Gasteiger partial charge in [0, 0.05) is 10.5 Å². The van der Waals surface area contributed by atoms with E-state index in [4.69, 9.17) is 0 Å². The summed E-state index contributed by atoms with van der Waals surface area (Å²) in [5.74, 6) is -1.17. The summed E-state index contributed by atoms with van der Waals surface area (Å²) >= 11 is 2.60. The number of nitrogens with zero attached hydrogens (tertiary/aromatic N) is 2. The minimum Gasteiger partial charge on any atom is -0.545 e. The normalized spacial score (nSPS) is 10.3. The van der Waals surface area contributed by atoms with Gasteiger partial charge in [0.2, 0.25) is 0 Å². The average Bonchev–Trinajstić information content (AvgIpc) is 2.65. The van der Waals surface area contributed by atoms with Crippen molar-refractivity contribution in [2.45, 2.75) is 16.0 Å². The number of benzene rings is 1. The van der Waals surface area contributed by atoms with Crippen molar-refractivity contribution in [2.75, 3.05) is 0 Å². The molecule has 0 fully saturated rings. The smallest absolute Gasteiger partial charge is 0.109 e. The van der Waals surface area contributed by atoms with Crippen LogP contribution in [0, 0.1) is 6.92 Å². The van der Waals surface area contributed by atoms with Crippen molar-refractivity contribution in [2.24, 2.45) is 0 Å². The maximum absolute atomic E-state index is 10.9. The molecule has 1 aromatic carbocycles. The Hall–Kier alpha value is -1.40. The van der Waals surface area contributed by atoms with Gasteiger partial charge in [-0.25, -0.2) is 0 Å². The summed E-state index contributed by atoms with van der Waals surface area (Å²) in [5.41, 5.74) is 1.00. The molecule has 0 atom stereocenters. The molecule has 2 rings (SSSR count). The predicted octanol–water partition coefficient (Wildman–Crippen LogP) is 1.36. The van der Waals surface area contributed by atoms with Crippen molar-refractivity contribution < 1.29 is 9.90 Å². The van der Waals surface area contributed by atoms with E-state index >= 15 is 0 Å². The van der Waals surface area contributed by atoms with Gasteiger partial charge in [0.15, 0.2) is 0 Å². The monoisotopic (exact) mass is 251 g/mol. The highest BCUT2D eigenvalue weighted by Gasteiger charge is 2.09. The number of aromatic nitrogens is 2. The van der Waals surface area contributed by atoms with Gasteiger partial charge in [-0.3, -0.25) is 0 Å². The number of carboxylic acids is 1. The van der Waals surface area contributed by atoms with Gasteiger partial charge in [-0.15, -0.1) is 5.10 Å². The molecule has 16 heavy (non-hydrogen) atoms. The lowest BCUT2D eigenvalue weighted by molar-refractivity contribution is -0.255. The number of hydrogen-bond donors (Lipinski definition) is 0. The second-order valence-electron chi connectivity index (χ2n) is 3.03. The first-order chi connectivity index (χ1) is 7.68. The molecule has 0 spiro atoms. The van der Waals surface area contributed by atoms with Crippen LogP contribution in [0.15, 0.2) is 33.4 Å². The summed E-state index contributed by atoms with van der Waals surface area (Å²) in [6.45, 7) is 1.84. The second kappa shape index (κ2) is 4.63. The zero-order valence-corrected chi connectivity index (χ0v) is 9.97. The molecule has 1 aromatic heterocycles. The van der Waals surface area contributed by atoms with Gasteiger partial charge in [-0.1, -0.05) is 34.4 Å². The molecule has 6 heteroatoms. The maximum Gasteiger partial charge on any atom is 0.109 e. The molecule has 0 bridgehead atoms. The Morgan fingerprint density at radius 1 is 1.44 bits per heavy atom. The van der Waals surface area contributed by atoms with E-state index in [9.17, 15) is 9.90 Å². The Balaban J connectivity index is 2.35. The van der Waals surface area contributed by atoms with Crippen LogP contribution in [-0.2, 0) is 0 Å². The quantitative estimate of drug-likeness (QED) is 0.824. The van der Waals surface area contributed by atoms with Gasteiger partial charge in [0.25, 0.3) is 0 Å². The average molecular weight is 251 g/mol. The van der Waals surface area contributed by atoms with Crippen molar-refractivity contribution in [1.82, 2.24) is 9.59 Å². The molecule has 1 heterocycles. The number of aromatic carboxylic acids is 1.